The Labute approximate surface area is 60.6 Å². The summed E-state index contributed by atoms with van der Waals surface area (Å²) in [6.45, 7) is 1.76. The van der Waals surface area contributed by atoms with Crippen LogP contribution in [0.3, 0.4) is 0 Å². The summed E-state index contributed by atoms with van der Waals surface area (Å²) in [6.07, 6.45) is 1.57. The molecule has 0 aliphatic carbocycles. The van der Waals surface area contributed by atoms with Crippen molar-refractivity contribution in [1.29, 1.82) is 5.41 Å². The summed E-state index contributed by atoms with van der Waals surface area (Å²) in [6, 6.07) is 0. The van der Waals surface area contributed by atoms with Crippen LogP contribution in [0.1, 0.15) is 6.92 Å². The molecule has 3 N–H and O–H groups in total. The molecule has 54 valence electrons. The van der Waals surface area contributed by atoms with Gasteiger partial charge in [0, 0.05) is 13.3 Å². The van der Waals surface area contributed by atoms with Crippen LogP contribution >= 0.6 is 12.4 Å². The van der Waals surface area contributed by atoms with Gasteiger partial charge in [-0.3, -0.25) is 5.41 Å². The van der Waals surface area contributed by atoms with Crippen LogP contribution in [0.25, 0.3) is 0 Å². The molecule has 4 nitrogen and oxygen atoms in total. The normalized spacial score (nSPS) is 8.67. The highest BCUT2D eigenvalue weighted by Gasteiger charge is 1.89. The molecule has 0 radical (unpaired) electrons. The van der Waals surface area contributed by atoms with E-state index in [0.717, 1.165) is 0 Å². The summed E-state index contributed by atoms with van der Waals surface area (Å²) < 4.78 is 0. The van der Waals surface area contributed by atoms with Crippen molar-refractivity contribution < 1.29 is 0 Å². The molecule has 0 aromatic carbocycles. The number of halogens is 1. The van der Waals surface area contributed by atoms with Crippen LogP contribution in [0.2, 0.25) is 0 Å². The highest BCUT2D eigenvalue weighted by Crippen LogP contribution is 1.75. The topological polar surface area (TPSA) is 65.5 Å². The van der Waals surface area contributed by atoms with E-state index in [2.05, 4.69) is 5.10 Å². The van der Waals surface area contributed by atoms with Gasteiger partial charge in [0.2, 0.25) is 5.96 Å². The Bertz CT molecular complexity index is 111. The van der Waals surface area contributed by atoms with Gasteiger partial charge < -0.3 is 5.73 Å². The Morgan fingerprint density at radius 3 is 2.33 bits per heavy atom. The van der Waals surface area contributed by atoms with Crippen LogP contribution in [0.4, 0.5) is 0 Å². The number of hydrogen-bond acceptors (Lipinski definition) is 2. The fourth-order valence-electron chi connectivity index (χ4n) is 0.235. The molecule has 0 fully saturated rings. The van der Waals surface area contributed by atoms with Gasteiger partial charge in [0.05, 0.1) is 0 Å². The minimum Gasteiger partial charge on any atom is -0.369 e. The lowest BCUT2D eigenvalue weighted by molar-refractivity contribution is 0.536. The predicted octanol–water partition coefficient (Wildman–Crippen LogP) is 0.239. The third kappa shape index (κ3) is 5.10. The number of nitrogens with one attached hydrogen (secondary N) is 1. The van der Waals surface area contributed by atoms with E-state index < -0.39 is 0 Å². The van der Waals surface area contributed by atoms with E-state index in [0.29, 0.717) is 0 Å². The summed E-state index contributed by atoms with van der Waals surface area (Å²) in [5.74, 6) is -0.0527. The summed E-state index contributed by atoms with van der Waals surface area (Å²) in [5, 5.41) is 11.8. The predicted molar refractivity (Wildman–Crippen MR) is 41.1 cm³/mol. The number of guanidine groups is 1. The van der Waals surface area contributed by atoms with E-state index in [-0.39, 0.29) is 18.4 Å². The fourth-order valence-corrected chi connectivity index (χ4v) is 0.235. The van der Waals surface area contributed by atoms with Gasteiger partial charge in [0.25, 0.3) is 0 Å². The molecule has 0 atom stereocenters. The molecule has 0 unspecified atom stereocenters. The van der Waals surface area contributed by atoms with E-state index in [9.17, 15) is 0 Å². The second-order valence-corrected chi connectivity index (χ2v) is 1.28. The first-order valence-corrected chi connectivity index (χ1v) is 2.25. The average molecular weight is 151 g/mol. The number of hydrazone groups is 1. The van der Waals surface area contributed by atoms with Gasteiger partial charge in [-0.1, -0.05) is 0 Å². The lowest BCUT2D eigenvalue weighted by Crippen LogP contribution is -2.28. The maximum Gasteiger partial charge on any atom is 0.208 e. The third-order valence-electron chi connectivity index (χ3n) is 0.637. The summed E-state index contributed by atoms with van der Waals surface area (Å²) in [7, 11) is 1.61. The van der Waals surface area contributed by atoms with Crippen molar-refractivity contribution in [2.24, 2.45) is 10.8 Å². The van der Waals surface area contributed by atoms with Crippen molar-refractivity contribution in [1.82, 2.24) is 5.01 Å². The fraction of sp³-hybridized carbons (Fsp3) is 0.500. The van der Waals surface area contributed by atoms with Crippen LogP contribution in [0, 0.1) is 5.41 Å². The number of hydrogen-bond donors (Lipinski definition) is 2. The molecule has 0 rings (SSSR count). The zero-order valence-electron chi connectivity index (χ0n) is 5.46. The first-order valence-electron chi connectivity index (χ1n) is 2.25. The zero-order valence-corrected chi connectivity index (χ0v) is 6.27. The molecule has 9 heavy (non-hydrogen) atoms. The van der Waals surface area contributed by atoms with Gasteiger partial charge in [-0.2, -0.15) is 5.10 Å². The molecule has 0 aromatic rings. The molecule has 0 aromatic heterocycles. The highest BCUT2D eigenvalue weighted by atomic mass is 35.5. The van der Waals surface area contributed by atoms with Crippen molar-refractivity contribution in [3.05, 3.63) is 0 Å². The van der Waals surface area contributed by atoms with Crippen LogP contribution in [0.5, 0.6) is 0 Å². The maximum atomic E-state index is 6.79. The average Bonchev–Trinajstić information content (AvgIpc) is 1.67. The van der Waals surface area contributed by atoms with Crippen LogP contribution in [-0.2, 0) is 0 Å². The first kappa shape index (κ1) is 11.1. The molecule has 0 saturated carbocycles. The molecule has 0 spiro atoms. The van der Waals surface area contributed by atoms with E-state index in [1.165, 1.54) is 5.01 Å². The third-order valence-corrected chi connectivity index (χ3v) is 0.637. The van der Waals surface area contributed by atoms with Crippen molar-refractivity contribution in [2.45, 2.75) is 6.92 Å². The van der Waals surface area contributed by atoms with Gasteiger partial charge in [-0.15, -0.1) is 12.4 Å². The van der Waals surface area contributed by atoms with Gasteiger partial charge in [0.15, 0.2) is 0 Å². The van der Waals surface area contributed by atoms with Gasteiger partial charge in [-0.25, -0.2) is 5.01 Å². The Hall–Kier alpha value is -0.770. The molecule has 0 saturated heterocycles. The molecule has 0 aliphatic heterocycles. The second-order valence-electron chi connectivity index (χ2n) is 1.28. The molecule has 0 amide bonds. The van der Waals surface area contributed by atoms with Crippen molar-refractivity contribution in [3.8, 4) is 0 Å². The monoisotopic (exact) mass is 150 g/mol. The Kier molecular flexibility index (Phi) is 6.61. The van der Waals surface area contributed by atoms with E-state index in [1.54, 1.807) is 20.2 Å². The summed E-state index contributed by atoms with van der Waals surface area (Å²) in [4.78, 5) is 0. The lowest BCUT2D eigenvalue weighted by Gasteiger charge is -2.06. The quantitative estimate of drug-likeness (QED) is 0.320. The van der Waals surface area contributed by atoms with E-state index in [4.69, 9.17) is 11.1 Å². The highest BCUT2D eigenvalue weighted by molar-refractivity contribution is 5.85. The summed E-state index contributed by atoms with van der Waals surface area (Å²) >= 11 is 0. The van der Waals surface area contributed by atoms with Gasteiger partial charge in [-0.05, 0) is 6.92 Å². The van der Waals surface area contributed by atoms with Gasteiger partial charge >= 0.3 is 0 Å². The van der Waals surface area contributed by atoms with E-state index >= 15 is 0 Å². The summed E-state index contributed by atoms with van der Waals surface area (Å²) in [5.41, 5.74) is 5.02. The zero-order chi connectivity index (χ0) is 6.57. The van der Waals surface area contributed by atoms with E-state index in [1.807, 2.05) is 0 Å². The largest absolute Gasteiger partial charge is 0.369 e. The molecular weight excluding hydrogens is 140 g/mol. The maximum absolute atomic E-state index is 6.79. The molecule has 0 heterocycles. The number of nitrogens with two attached hydrogens (primary N) is 1. The minimum absolute atomic E-state index is 0. The molecule has 5 heteroatoms. The minimum atomic E-state index is -0.0527. The van der Waals surface area contributed by atoms with Crippen molar-refractivity contribution >= 4 is 24.6 Å². The molecular formula is C4H11ClN4. The van der Waals surface area contributed by atoms with Crippen molar-refractivity contribution in [3.63, 3.8) is 0 Å². The second kappa shape index (κ2) is 5.37. The molecule has 0 aliphatic rings. The Balaban J connectivity index is 0. The molecule has 0 bridgehead atoms. The van der Waals surface area contributed by atoms with Crippen molar-refractivity contribution in [2.75, 3.05) is 7.05 Å². The number of nitrogens with zero attached hydrogens (tertiary/aromatic N) is 2. The van der Waals surface area contributed by atoms with Gasteiger partial charge in [0.1, 0.15) is 0 Å². The SMILES string of the molecule is CC=NN(C)C(=N)N.Cl. The van der Waals surface area contributed by atoms with Crippen LogP contribution in [-0.4, -0.2) is 24.2 Å². The lowest BCUT2D eigenvalue weighted by atomic mass is 10.9. The first-order chi connectivity index (χ1) is 3.68. The van der Waals surface area contributed by atoms with Crippen LogP contribution in [0.15, 0.2) is 5.10 Å². The Morgan fingerprint density at radius 1 is 1.78 bits per heavy atom. The number of rotatable bonds is 1. The smallest absolute Gasteiger partial charge is 0.208 e. The van der Waals surface area contributed by atoms with Crippen LogP contribution < -0.4 is 5.73 Å². The Morgan fingerprint density at radius 2 is 2.22 bits per heavy atom. The standard InChI is InChI=1S/C4H10N4.ClH/c1-3-7-8(2)4(5)6;/h3H,1-2H3,(H3,5,6);1H.